The molecule has 0 aromatic heterocycles. The Morgan fingerprint density at radius 3 is 2.30 bits per heavy atom. The van der Waals surface area contributed by atoms with Crippen molar-refractivity contribution in [3.05, 3.63) is 0 Å². The van der Waals surface area contributed by atoms with Crippen LogP contribution in [0, 0.1) is 0 Å². The summed E-state index contributed by atoms with van der Waals surface area (Å²) < 4.78 is 0. The molecule has 10 nitrogen and oxygen atoms in total. The number of nitrogens with zero attached hydrogens (tertiary/aromatic N) is 1. The van der Waals surface area contributed by atoms with Crippen LogP contribution in [0.3, 0.4) is 0 Å². The van der Waals surface area contributed by atoms with Crippen LogP contribution in [0.4, 0.5) is 0 Å². The van der Waals surface area contributed by atoms with E-state index in [2.05, 4.69) is 10.6 Å². The van der Waals surface area contributed by atoms with Crippen molar-refractivity contribution in [2.45, 2.75) is 69.1 Å². The Labute approximate surface area is 204 Å². The quantitative estimate of drug-likeness (QED) is 0.181. The summed E-state index contributed by atoms with van der Waals surface area (Å²) in [6, 6.07) is -3.27. The number of nitrogens with one attached hydrogen (secondary N) is 2. The van der Waals surface area contributed by atoms with E-state index < -0.39 is 42.0 Å². The first-order valence-corrected chi connectivity index (χ1v) is 14.1. The summed E-state index contributed by atoms with van der Waals surface area (Å²) in [5.41, 5.74) is 11.5. The Balaban J connectivity index is 2.83. The molecule has 1 aliphatic rings. The second kappa shape index (κ2) is 16.2. The number of carboxylic acid groups (broad SMARTS) is 1. The molecule has 190 valence electrons. The number of nitrogens with two attached hydrogens (primary N) is 2. The van der Waals surface area contributed by atoms with Crippen LogP contribution in [0.15, 0.2) is 0 Å². The number of hydrogen-bond donors (Lipinski definition) is 5. The van der Waals surface area contributed by atoms with Gasteiger partial charge >= 0.3 is 5.97 Å². The molecule has 1 fully saturated rings. The first kappa shape index (κ1) is 29.5. The van der Waals surface area contributed by atoms with E-state index >= 15 is 0 Å². The van der Waals surface area contributed by atoms with Crippen molar-refractivity contribution in [2.75, 3.05) is 37.1 Å². The molecule has 0 aromatic rings. The highest BCUT2D eigenvalue weighted by Crippen LogP contribution is 2.20. The number of rotatable bonds is 16. The van der Waals surface area contributed by atoms with E-state index in [0.717, 1.165) is 5.75 Å². The molecule has 0 spiro atoms. The van der Waals surface area contributed by atoms with E-state index in [0.29, 0.717) is 57.4 Å². The normalized spacial score (nSPS) is 18.4. The topological polar surface area (TPSA) is 168 Å². The molecule has 1 aliphatic heterocycles. The third-order valence-electron chi connectivity index (χ3n) is 5.59. The van der Waals surface area contributed by atoms with Gasteiger partial charge in [-0.15, -0.1) is 0 Å². The number of hydrogen-bond acceptors (Lipinski definition) is 8. The lowest BCUT2D eigenvalue weighted by Gasteiger charge is -2.28. The van der Waals surface area contributed by atoms with Gasteiger partial charge in [-0.3, -0.25) is 14.4 Å². The molecule has 1 rings (SSSR count). The Morgan fingerprint density at radius 2 is 1.70 bits per heavy atom. The molecule has 4 unspecified atom stereocenters. The van der Waals surface area contributed by atoms with Gasteiger partial charge in [0, 0.05) is 6.54 Å². The molecule has 1 heterocycles. The fraction of sp³-hybridized carbons (Fsp3) is 0.810. The molecule has 0 saturated carbocycles. The summed E-state index contributed by atoms with van der Waals surface area (Å²) in [5, 5.41) is 14.8. The molecule has 3 amide bonds. The van der Waals surface area contributed by atoms with Gasteiger partial charge in [0.15, 0.2) is 0 Å². The Morgan fingerprint density at radius 1 is 1.03 bits per heavy atom. The standard InChI is InChI=1S/C21H39N5O5S2/c1-32-12-8-14(23)20(29)26-11-5-7-17(26)19(28)24-15(9-13-33-2)18(27)25-16(21(30)31)6-3-4-10-22/h14-17H,3-13,22-23H2,1-2H3,(H,24,28)(H,25,27)(H,30,31). The van der Waals surface area contributed by atoms with Crippen LogP contribution in [0.2, 0.25) is 0 Å². The molecular formula is C21H39N5O5S2. The zero-order valence-electron chi connectivity index (χ0n) is 19.6. The fourth-order valence-electron chi connectivity index (χ4n) is 3.68. The van der Waals surface area contributed by atoms with Crippen LogP contribution in [0.1, 0.15) is 44.9 Å². The summed E-state index contributed by atoms with van der Waals surface area (Å²) in [7, 11) is 0. The molecule has 7 N–H and O–H groups in total. The van der Waals surface area contributed by atoms with Gasteiger partial charge < -0.3 is 32.1 Å². The van der Waals surface area contributed by atoms with Crippen LogP contribution in [0.5, 0.6) is 0 Å². The van der Waals surface area contributed by atoms with Crippen LogP contribution in [-0.2, 0) is 19.2 Å². The maximum Gasteiger partial charge on any atom is 0.326 e. The third kappa shape index (κ3) is 10.1. The molecule has 0 aromatic carbocycles. The Bertz CT molecular complexity index is 655. The van der Waals surface area contributed by atoms with Gasteiger partial charge in [0.05, 0.1) is 6.04 Å². The predicted molar refractivity (Wildman–Crippen MR) is 133 cm³/mol. The van der Waals surface area contributed by atoms with Crippen LogP contribution in [0.25, 0.3) is 0 Å². The van der Waals surface area contributed by atoms with Crippen molar-refractivity contribution in [1.82, 2.24) is 15.5 Å². The SMILES string of the molecule is CSCCC(N)C(=O)N1CCCC1C(=O)NC(CCSC)C(=O)NC(CCCCN)C(=O)O. The lowest BCUT2D eigenvalue weighted by atomic mass is 10.1. The lowest BCUT2D eigenvalue weighted by molar-refractivity contribution is -0.143. The summed E-state index contributed by atoms with van der Waals surface area (Å²) in [6.07, 6.45) is 7.39. The number of carbonyl (C=O) groups is 4. The van der Waals surface area contributed by atoms with E-state index in [1.54, 1.807) is 11.8 Å². The summed E-state index contributed by atoms with van der Waals surface area (Å²) in [4.78, 5) is 51.7. The fourth-order valence-corrected chi connectivity index (χ4v) is 4.64. The highest BCUT2D eigenvalue weighted by atomic mass is 32.2. The van der Waals surface area contributed by atoms with Crippen molar-refractivity contribution < 1.29 is 24.3 Å². The van der Waals surface area contributed by atoms with Gasteiger partial charge in [0.2, 0.25) is 17.7 Å². The van der Waals surface area contributed by atoms with E-state index in [1.807, 2.05) is 12.5 Å². The maximum atomic E-state index is 13.0. The van der Waals surface area contributed by atoms with E-state index in [9.17, 15) is 24.3 Å². The van der Waals surface area contributed by atoms with Crippen molar-refractivity contribution in [1.29, 1.82) is 0 Å². The number of aliphatic carboxylic acids is 1. The summed E-state index contributed by atoms with van der Waals surface area (Å²) in [6.45, 7) is 0.901. The minimum atomic E-state index is -1.12. The van der Waals surface area contributed by atoms with Crippen molar-refractivity contribution in [3.63, 3.8) is 0 Å². The number of thioether (sulfide) groups is 2. The third-order valence-corrected chi connectivity index (χ3v) is 6.88. The van der Waals surface area contributed by atoms with Gasteiger partial charge in [-0.25, -0.2) is 4.79 Å². The van der Waals surface area contributed by atoms with E-state index in [4.69, 9.17) is 11.5 Å². The van der Waals surface area contributed by atoms with Gasteiger partial charge in [-0.1, -0.05) is 0 Å². The van der Waals surface area contributed by atoms with Gasteiger partial charge in [0.25, 0.3) is 0 Å². The molecule has 0 radical (unpaired) electrons. The van der Waals surface area contributed by atoms with Crippen molar-refractivity contribution in [3.8, 4) is 0 Å². The second-order valence-corrected chi connectivity index (χ2v) is 10.1. The number of likely N-dealkylation sites (tertiary alicyclic amines) is 1. The predicted octanol–water partition coefficient (Wildman–Crippen LogP) is -0.00590. The van der Waals surface area contributed by atoms with E-state index in [-0.39, 0.29) is 12.3 Å². The molecule has 4 atom stereocenters. The number of carboxylic acids is 1. The minimum absolute atomic E-state index is 0.252. The Hall–Kier alpha value is -1.50. The number of unbranched alkanes of at least 4 members (excludes halogenated alkanes) is 1. The maximum absolute atomic E-state index is 13.0. The van der Waals surface area contributed by atoms with Crippen molar-refractivity contribution in [2.24, 2.45) is 11.5 Å². The highest BCUT2D eigenvalue weighted by Gasteiger charge is 2.37. The molecule has 0 aliphatic carbocycles. The van der Waals surface area contributed by atoms with Crippen molar-refractivity contribution >= 4 is 47.2 Å². The molecular weight excluding hydrogens is 466 g/mol. The largest absolute Gasteiger partial charge is 0.480 e. The zero-order valence-corrected chi connectivity index (χ0v) is 21.2. The summed E-state index contributed by atoms with van der Waals surface area (Å²) in [5.74, 6) is -0.959. The Kier molecular flexibility index (Phi) is 14.5. The zero-order chi connectivity index (χ0) is 24.8. The molecule has 12 heteroatoms. The second-order valence-electron chi connectivity index (χ2n) is 8.10. The number of carbonyl (C=O) groups excluding carboxylic acids is 3. The first-order chi connectivity index (χ1) is 15.8. The first-order valence-electron chi connectivity index (χ1n) is 11.3. The summed E-state index contributed by atoms with van der Waals surface area (Å²) >= 11 is 3.13. The smallest absolute Gasteiger partial charge is 0.326 e. The van der Waals surface area contributed by atoms with Gasteiger partial charge in [-0.2, -0.15) is 23.5 Å². The van der Waals surface area contributed by atoms with Crippen LogP contribution >= 0.6 is 23.5 Å². The average molecular weight is 506 g/mol. The lowest BCUT2D eigenvalue weighted by Crippen LogP contribution is -2.56. The van der Waals surface area contributed by atoms with Crippen LogP contribution < -0.4 is 22.1 Å². The van der Waals surface area contributed by atoms with Crippen LogP contribution in [-0.4, -0.2) is 95.0 Å². The van der Waals surface area contributed by atoms with Gasteiger partial charge in [0.1, 0.15) is 18.1 Å². The monoisotopic (exact) mass is 505 g/mol. The minimum Gasteiger partial charge on any atom is -0.480 e. The molecule has 0 bridgehead atoms. The molecule has 1 saturated heterocycles. The average Bonchev–Trinajstić information content (AvgIpc) is 3.28. The van der Waals surface area contributed by atoms with Gasteiger partial charge in [-0.05, 0) is 75.5 Å². The number of amides is 3. The molecule has 33 heavy (non-hydrogen) atoms. The van der Waals surface area contributed by atoms with E-state index in [1.165, 1.54) is 16.7 Å². The highest BCUT2D eigenvalue weighted by molar-refractivity contribution is 7.98.